The Hall–Kier alpha value is -0.860. The average molecular weight is 194 g/mol. The molecule has 1 rings (SSSR count). The molecule has 0 aliphatic carbocycles. The fourth-order valence-electron chi connectivity index (χ4n) is 1.32. The molecule has 2 unspecified atom stereocenters. The van der Waals surface area contributed by atoms with Crippen molar-refractivity contribution in [2.45, 2.75) is 33.0 Å². The Labute approximate surface area is 85.2 Å². The second-order valence-corrected chi connectivity index (χ2v) is 3.90. The van der Waals surface area contributed by atoms with Gasteiger partial charge in [0.1, 0.15) is 0 Å². The van der Waals surface area contributed by atoms with Crippen molar-refractivity contribution in [3.05, 3.63) is 35.4 Å². The van der Waals surface area contributed by atoms with Gasteiger partial charge in [-0.1, -0.05) is 31.2 Å². The molecule has 2 nitrogen and oxygen atoms in total. The van der Waals surface area contributed by atoms with E-state index in [2.05, 4.69) is 0 Å². The molecule has 1 aromatic rings. The summed E-state index contributed by atoms with van der Waals surface area (Å²) in [6, 6.07) is 7.85. The Morgan fingerprint density at radius 1 is 1.07 bits per heavy atom. The van der Waals surface area contributed by atoms with Gasteiger partial charge in [0.05, 0.1) is 12.7 Å². The lowest BCUT2D eigenvalue weighted by molar-refractivity contribution is 0.135. The fourth-order valence-corrected chi connectivity index (χ4v) is 1.32. The summed E-state index contributed by atoms with van der Waals surface area (Å²) >= 11 is 0. The highest BCUT2D eigenvalue weighted by Crippen LogP contribution is 2.12. The summed E-state index contributed by atoms with van der Waals surface area (Å²) in [4.78, 5) is 0. The largest absolute Gasteiger partial charge is 0.393 e. The molecule has 1 aromatic carbocycles. The van der Waals surface area contributed by atoms with Crippen molar-refractivity contribution in [1.82, 2.24) is 0 Å². The lowest BCUT2D eigenvalue weighted by Gasteiger charge is -2.14. The Morgan fingerprint density at radius 3 is 2.00 bits per heavy atom. The minimum atomic E-state index is -0.271. The highest BCUT2D eigenvalue weighted by atomic mass is 16.3. The smallest absolute Gasteiger partial charge is 0.0681 e. The highest BCUT2D eigenvalue weighted by molar-refractivity contribution is 5.22. The molecule has 0 saturated heterocycles. The fraction of sp³-hybridized carbons (Fsp3) is 0.500. The van der Waals surface area contributed by atoms with Gasteiger partial charge in [-0.25, -0.2) is 0 Å². The van der Waals surface area contributed by atoms with Gasteiger partial charge in [0.2, 0.25) is 0 Å². The maximum Gasteiger partial charge on any atom is 0.0681 e. The molecule has 0 heterocycles. The molecule has 0 radical (unpaired) electrons. The van der Waals surface area contributed by atoms with Gasteiger partial charge in [0.25, 0.3) is 0 Å². The number of hydrogen-bond donors (Lipinski definition) is 2. The molecule has 0 saturated carbocycles. The highest BCUT2D eigenvalue weighted by Gasteiger charge is 2.09. The van der Waals surface area contributed by atoms with Crippen molar-refractivity contribution in [2.24, 2.45) is 5.92 Å². The van der Waals surface area contributed by atoms with Crippen LogP contribution in [0.3, 0.4) is 0 Å². The summed E-state index contributed by atoms with van der Waals surface area (Å²) in [6.45, 7) is 3.93. The van der Waals surface area contributed by atoms with E-state index in [1.807, 2.05) is 38.1 Å². The van der Waals surface area contributed by atoms with Crippen molar-refractivity contribution in [3.8, 4) is 0 Å². The van der Waals surface area contributed by atoms with E-state index in [9.17, 15) is 5.11 Å². The summed E-state index contributed by atoms with van der Waals surface area (Å²) in [5.41, 5.74) is 2.13. The summed E-state index contributed by atoms with van der Waals surface area (Å²) in [6.07, 6.45) is 0.608. The third kappa shape index (κ3) is 3.13. The van der Waals surface area contributed by atoms with Gasteiger partial charge in [-0.05, 0) is 30.4 Å². The minimum Gasteiger partial charge on any atom is -0.393 e. The van der Waals surface area contributed by atoms with Gasteiger partial charge in [-0.2, -0.15) is 0 Å². The lowest BCUT2D eigenvalue weighted by Crippen LogP contribution is -2.15. The second kappa shape index (κ2) is 5.13. The normalized spacial score (nSPS) is 15.1. The SMILES string of the molecule is CC(O)C(C)Cc1ccc(CO)cc1. The summed E-state index contributed by atoms with van der Waals surface area (Å²) < 4.78 is 0. The predicted molar refractivity (Wildman–Crippen MR) is 56.9 cm³/mol. The number of hydrogen-bond acceptors (Lipinski definition) is 2. The van der Waals surface area contributed by atoms with Crippen molar-refractivity contribution in [3.63, 3.8) is 0 Å². The van der Waals surface area contributed by atoms with E-state index >= 15 is 0 Å². The molecule has 0 fully saturated rings. The van der Waals surface area contributed by atoms with Gasteiger partial charge < -0.3 is 10.2 Å². The molecule has 0 aliphatic heterocycles. The Morgan fingerprint density at radius 2 is 1.57 bits per heavy atom. The van der Waals surface area contributed by atoms with Crippen LogP contribution < -0.4 is 0 Å². The zero-order valence-electron chi connectivity index (χ0n) is 8.77. The molecule has 0 amide bonds. The molecule has 0 aromatic heterocycles. The van der Waals surface area contributed by atoms with E-state index in [1.165, 1.54) is 5.56 Å². The molecule has 0 aliphatic rings. The van der Waals surface area contributed by atoms with Crippen LogP contribution in [0.2, 0.25) is 0 Å². The average Bonchev–Trinajstić information content (AvgIpc) is 2.19. The Kier molecular flexibility index (Phi) is 4.11. The number of aliphatic hydroxyl groups excluding tert-OH is 2. The summed E-state index contributed by atoms with van der Waals surface area (Å²) in [5.74, 6) is 0.273. The van der Waals surface area contributed by atoms with Crippen LogP contribution in [0.15, 0.2) is 24.3 Å². The Bertz CT molecular complexity index is 264. The first-order valence-electron chi connectivity index (χ1n) is 5.00. The number of aliphatic hydroxyl groups is 2. The maximum atomic E-state index is 9.34. The first kappa shape index (κ1) is 11.2. The number of rotatable bonds is 4. The van der Waals surface area contributed by atoms with Crippen LogP contribution in [-0.2, 0) is 13.0 Å². The van der Waals surface area contributed by atoms with Crippen LogP contribution in [0.1, 0.15) is 25.0 Å². The summed E-state index contributed by atoms with van der Waals surface area (Å²) in [5, 5.41) is 18.2. The van der Waals surface area contributed by atoms with Gasteiger partial charge in [0.15, 0.2) is 0 Å². The van der Waals surface area contributed by atoms with Crippen LogP contribution in [0.4, 0.5) is 0 Å². The van der Waals surface area contributed by atoms with E-state index in [1.54, 1.807) is 0 Å². The molecular formula is C12H18O2. The van der Waals surface area contributed by atoms with Crippen LogP contribution >= 0.6 is 0 Å². The van der Waals surface area contributed by atoms with E-state index in [-0.39, 0.29) is 18.6 Å². The molecule has 2 atom stereocenters. The first-order chi connectivity index (χ1) is 6.63. The van der Waals surface area contributed by atoms with E-state index < -0.39 is 0 Å². The monoisotopic (exact) mass is 194 g/mol. The lowest BCUT2D eigenvalue weighted by atomic mass is 9.96. The van der Waals surface area contributed by atoms with Crippen LogP contribution in [-0.4, -0.2) is 16.3 Å². The Balaban J connectivity index is 2.59. The molecule has 2 N–H and O–H groups in total. The van der Waals surface area contributed by atoms with Crippen molar-refractivity contribution < 1.29 is 10.2 Å². The van der Waals surface area contributed by atoms with Gasteiger partial charge in [0, 0.05) is 0 Å². The van der Waals surface area contributed by atoms with Crippen molar-refractivity contribution >= 4 is 0 Å². The standard InChI is InChI=1S/C12H18O2/c1-9(10(2)14)7-11-3-5-12(8-13)6-4-11/h3-6,9-10,13-14H,7-8H2,1-2H3. The minimum absolute atomic E-state index is 0.0895. The maximum absolute atomic E-state index is 9.34. The van der Waals surface area contributed by atoms with Gasteiger partial charge >= 0.3 is 0 Å². The van der Waals surface area contributed by atoms with E-state index in [0.717, 1.165) is 12.0 Å². The zero-order valence-corrected chi connectivity index (χ0v) is 8.77. The topological polar surface area (TPSA) is 40.5 Å². The van der Waals surface area contributed by atoms with Crippen LogP contribution in [0, 0.1) is 5.92 Å². The van der Waals surface area contributed by atoms with Gasteiger partial charge in [-0.3, -0.25) is 0 Å². The van der Waals surface area contributed by atoms with Crippen LogP contribution in [0.25, 0.3) is 0 Å². The molecule has 14 heavy (non-hydrogen) atoms. The van der Waals surface area contributed by atoms with E-state index in [4.69, 9.17) is 5.11 Å². The van der Waals surface area contributed by atoms with Gasteiger partial charge in [-0.15, -0.1) is 0 Å². The predicted octanol–water partition coefficient (Wildman–Crippen LogP) is 1.74. The molecule has 0 bridgehead atoms. The molecule has 0 spiro atoms. The number of benzene rings is 1. The zero-order chi connectivity index (χ0) is 10.6. The van der Waals surface area contributed by atoms with E-state index in [0.29, 0.717) is 0 Å². The molecule has 78 valence electrons. The third-order valence-corrected chi connectivity index (χ3v) is 2.59. The summed E-state index contributed by atoms with van der Waals surface area (Å²) in [7, 11) is 0. The quantitative estimate of drug-likeness (QED) is 0.766. The third-order valence-electron chi connectivity index (χ3n) is 2.59. The molecular weight excluding hydrogens is 176 g/mol. The van der Waals surface area contributed by atoms with Crippen molar-refractivity contribution in [1.29, 1.82) is 0 Å². The molecule has 2 heteroatoms. The van der Waals surface area contributed by atoms with Crippen LogP contribution in [0.5, 0.6) is 0 Å². The second-order valence-electron chi connectivity index (χ2n) is 3.90. The first-order valence-corrected chi connectivity index (χ1v) is 5.00. The van der Waals surface area contributed by atoms with Crippen molar-refractivity contribution in [2.75, 3.05) is 0 Å².